The SMILES string of the molecule is CNCC(O)c1c(O)ccc(OC)c1F. The van der Waals surface area contributed by atoms with E-state index in [1.165, 1.54) is 19.2 Å². The van der Waals surface area contributed by atoms with Crippen molar-refractivity contribution in [1.29, 1.82) is 0 Å². The van der Waals surface area contributed by atoms with Crippen LogP contribution in [0, 0.1) is 5.82 Å². The molecule has 0 aromatic heterocycles. The van der Waals surface area contributed by atoms with E-state index in [0.717, 1.165) is 0 Å². The molecule has 0 aliphatic carbocycles. The predicted octanol–water partition coefficient (Wildman–Crippen LogP) is 0.793. The summed E-state index contributed by atoms with van der Waals surface area (Å²) in [6.07, 6.45) is -1.11. The molecule has 0 bridgehead atoms. The van der Waals surface area contributed by atoms with Crippen molar-refractivity contribution in [2.75, 3.05) is 20.7 Å². The molecule has 1 aromatic carbocycles. The molecule has 0 amide bonds. The highest BCUT2D eigenvalue weighted by atomic mass is 19.1. The van der Waals surface area contributed by atoms with Gasteiger partial charge in [-0.2, -0.15) is 0 Å². The summed E-state index contributed by atoms with van der Waals surface area (Å²) in [6.45, 7) is 0.150. The van der Waals surface area contributed by atoms with Crippen molar-refractivity contribution >= 4 is 0 Å². The van der Waals surface area contributed by atoms with Crippen LogP contribution in [0.1, 0.15) is 11.7 Å². The maximum absolute atomic E-state index is 13.6. The number of nitrogens with one attached hydrogen (secondary N) is 1. The standard InChI is InChI=1S/C10H14FNO3/c1-12-5-7(14)9-6(13)3-4-8(15-2)10(9)11/h3-4,7,12-14H,5H2,1-2H3. The molecule has 1 rings (SSSR count). The summed E-state index contributed by atoms with van der Waals surface area (Å²) in [5.74, 6) is -1.02. The first kappa shape index (κ1) is 11.7. The Morgan fingerprint density at radius 1 is 1.53 bits per heavy atom. The molecule has 0 radical (unpaired) electrons. The van der Waals surface area contributed by atoms with E-state index >= 15 is 0 Å². The Balaban J connectivity index is 3.14. The molecule has 0 saturated heterocycles. The van der Waals surface area contributed by atoms with Crippen LogP contribution in [0.2, 0.25) is 0 Å². The fourth-order valence-corrected chi connectivity index (χ4v) is 1.33. The number of phenolic OH excluding ortho intramolecular Hbond substituents is 1. The number of hydrogen-bond donors (Lipinski definition) is 3. The van der Waals surface area contributed by atoms with E-state index < -0.39 is 11.9 Å². The van der Waals surface area contributed by atoms with E-state index in [1.54, 1.807) is 7.05 Å². The smallest absolute Gasteiger partial charge is 0.174 e. The van der Waals surface area contributed by atoms with Crippen molar-refractivity contribution in [3.05, 3.63) is 23.5 Å². The van der Waals surface area contributed by atoms with Crippen LogP contribution >= 0.6 is 0 Å². The number of likely N-dealkylation sites (N-methyl/N-ethyl adjacent to an activating group) is 1. The number of methoxy groups -OCH3 is 1. The zero-order chi connectivity index (χ0) is 11.4. The monoisotopic (exact) mass is 215 g/mol. The van der Waals surface area contributed by atoms with Gasteiger partial charge in [0.15, 0.2) is 11.6 Å². The van der Waals surface area contributed by atoms with Gasteiger partial charge in [-0.25, -0.2) is 4.39 Å². The topological polar surface area (TPSA) is 61.7 Å². The molecule has 0 heterocycles. The summed E-state index contributed by atoms with van der Waals surface area (Å²) in [6, 6.07) is 2.59. The average molecular weight is 215 g/mol. The lowest BCUT2D eigenvalue weighted by Gasteiger charge is -2.14. The molecule has 1 atom stereocenters. The summed E-state index contributed by atoms with van der Waals surface area (Å²) < 4.78 is 18.4. The highest BCUT2D eigenvalue weighted by molar-refractivity contribution is 5.42. The number of aliphatic hydroxyl groups excluding tert-OH is 1. The molecule has 15 heavy (non-hydrogen) atoms. The molecular weight excluding hydrogens is 201 g/mol. The summed E-state index contributed by atoms with van der Waals surface area (Å²) in [7, 11) is 2.95. The summed E-state index contributed by atoms with van der Waals surface area (Å²) in [4.78, 5) is 0. The van der Waals surface area contributed by atoms with Crippen molar-refractivity contribution in [3.8, 4) is 11.5 Å². The average Bonchev–Trinajstić information content (AvgIpc) is 2.18. The summed E-state index contributed by atoms with van der Waals surface area (Å²) >= 11 is 0. The second-order valence-corrected chi connectivity index (χ2v) is 3.09. The van der Waals surface area contributed by atoms with Gasteiger partial charge in [0.1, 0.15) is 5.75 Å². The van der Waals surface area contributed by atoms with Gasteiger partial charge >= 0.3 is 0 Å². The Morgan fingerprint density at radius 3 is 2.73 bits per heavy atom. The highest BCUT2D eigenvalue weighted by Gasteiger charge is 2.20. The Morgan fingerprint density at radius 2 is 2.20 bits per heavy atom. The zero-order valence-corrected chi connectivity index (χ0v) is 8.62. The van der Waals surface area contributed by atoms with Crippen LogP contribution in [0.15, 0.2) is 12.1 Å². The minimum Gasteiger partial charge on any atom is -0.507 e. The maximum atomic E-state index is 13.6. The lowest BCUT2D eigenvalue weighted by Crippen LogP contribution is -2.18. The number of hydrogen-bond acceptors (Lipinski definition) is 4. The van der Waals surface area contributed by atoms with Gasteiger partial charge in [-0.15, -0.1) is 0 Å². The lowest BCUT2D eigenvalue weighted by molar-refractivity contribution is 0.167. The number of aromatic hydroxyl groups is 1. The second-order valence-electron chi connectivity index (χ2n) is 3.09. The number of halogens is 1. The molecule has 0 spiro atoms. The number of rotatable bonds is 4. The number of ether oxygens (including phenoxy) is 1. The first-order valence-electron chi connectivity index (χ1n) is 4.49. The maximum Gasteiger partial charge on any atom is 0.174 e. The van der Waals surface area contributed by atoms with Gasteiger partial charge in [0.05, 0.1) is 18.8 Å². The first-order valence-corrected chi connectivity index (χ1v) is 4.49. The number of phenols is 1. The van der Waals surface area contributed by atoms with E-state index in [-0.39, 0.29) is 23.6 Å². The molecule has 3 N–H and O–H groups in total. The summed E-state index contributed by atoms with van der Waals surface area (Å²) in [5.41, 5.74) is -0.149. The Bertz CT molecular complexity index is 344. The molecule has 0 aliphatic rings. The summed E-state index contributed by atoms with van der Waals surface area (Å²) in [5, 5.41) is 21.7. The van der Waals surface area contributed by atoms with Crippen LogP contribution in [0.25, 0.3) is 0 Å². The fourth-order valence-electron chi connectivity index (χ4n) is 1.33. The minimum absolute atomic E-state index is 0.00190. The third kappa shape index (κ3) is 2.37. The van der Waals surface area contributed by atoms with Crippen molar-refractivity contribution in [2.24, 2.45) is 0 Å². The van der Waals surface area contributed by atoms with Crippen LogP contribution in [0.4, 0.5) is 4.39 Å². The fraction of sp³-hybridized carbons (Fsp3) is 0.400. The minimum atomic E-state index is -1.11. The van der Waals surface area contributed by atoms with E-state index in [0.29, 0.717) is 0 Å². The largest absolute Gasteiger partial charge is 0.507 e. The van der Waals surface area contributed by atoms with Crippen molar-refractivity contribution in [1.82, 2.24) is 5.32 Å². The molecule has 0 saturated carbocycles. The van der Waals surface area contributed by atoms with E-state index in [4.69, 9.17) is 4.74 Å². The second kappa shape index (κ2) is 4.95. The molecule has 5 heteroatoms. The normalized spacial score (nSPS) is 12.5. The van der Waals surface area contributed by atoms with Gasteiger partial charge in [0.2, 0.25) is 0 Å². The molecule has 0 aliphatic heterocycles. The molecular formula is C10H14FNO3. The Labute approximate surface area is 87.3 Å². The Hall–Kier alpha value is -1.33. The van der Waals surface area contributed by atoms with Crippen molar-refractivity contribution in [2.45, 2.75) is 6.10 Å². The van der Waals surface area contributed by atoms with Gasteiger partial charge in [0, 0.05) is 6.54 Å². The molecule has 1 aromatic rings. The van der Waals surface area contributed by atoms with Crippen molar-refractivity contribution in [3.63, 3.8) is 0 Å². The lowest BCUT2D eigenvalue weighted by atomic mass is 10.1. The van der Waals surface area contributed by atoms with E-state index in [2.05, 4.69) is 5.32 Å². The zero-order valence-electron chi connectivity index (χ0n) is 8.62. The molecule has 1 unspecified atom stereocenters. The third-order valence-corrected chi connectivity index (χ3v) is 2.07. The van der Waals surface area contributed by atoms with Crippen LogP contribution in [0.5, 0.6) is 11.5 Å². The molecule has 0 fully saturated rings. The van der Waals surface area contributed by atoms with E-state index in [1.807, 2.05) is 0 Å². The number of benzene rings is 1. The number of aliphatic hydroxyl groups is 1. The molecule has 84 valence electrons. The van der Waals surface area contributed by atoms with Gasteiger partial charge in [-0.3, -0.25) is 0 Å². The molecule has 4 nitrogen and oxygen atoms in total. The van der Waals surface area contributed by atoms with Gasteiger partial charge in [-0.1, -0.05) is 0 Å². The first-order chi connectivity index (χ1) is 7.11. The van der Waals surface area contributed by atoms with Crippen LogP contribution in [-0.4, -0.2) is 30.9 Å². The van der Waals surface area contributed by atoms with Crippen LogP contribution < -0.4 is 10.1 Å². The van der Waals surface area contributed by atoms with Gasteiger partial charge in [-0.05, 0) is 19.2 Å². The third-order valence-electron chi connectivity index (χ3n) is 2.07. The van der Waals surface area contributed by atoms with Crippen molar-refractivity contribution < 1.29 is 19.3 Å². The van der Waals surface area contributed by atoms with Gasteiger partial charge < -0.3 is 20.3 Å². The predicted molar refractivity (Wildman–Crippen MR) is 53.5 cm³/mol. The van der Waals surface area contributed by atoms with Gasteiger partial charge in [0.25, 0.3) is 0 Å². The van der Waals surface area contributed by atoms with E-state index in [9.17, 15) is 14.6 Å². The highest BCUT2D eigenvalue weighted by Crippen LogP contribution is 2.32. The van der Waals surface area contributed by atoms with Crippen LogP contribution in [0.3, 0.4) is 0 Å². The Kier molecular flexibility index (Phi) is 3.88. The quantitative estimate of drug-likeness (QED) is 0.695. The van der Waals surface area contributed by atoms with Crippen LogP contribution in [-0.2, 0) is 0 Å².